The lowest BCUT2D eigenvalue weighted by molar-refractivity contribution is -0.197. The summed E-state index contributed by atoms with van der Waals surface area (Å²) in [5.74, 6) is -0.920. The van der Waals surface area contributed by atoms with Crippen LogP contribution in [0.2, 0.25) is 0 Å². The highest BCUT2D eigenvalue weighted by Crippen LogP contribution is 2.50. The topological polar surface area (TPSA) is 78.6 Å². The Morgan fingerprint density at radius 3 is 2.40 bits per heavy atom. The number of fused-ring (bicyclic) bond motifs is 1. The van der Waals surface area contributed by atoms with Crippen molar-refractivity contribution in [1.29, 1.82) is 0 Å². The van der Waals surface area contributed by atoms with Crippen LogP contribution in [-0.2, 0) is 4.74 Å². The van der Waals surface area contributed by atoms with Gasteiger partial charge in [-0.15, -0.1) is 0 Å². The molecule has 3 fully saturated rings. The minimum absolute atomic E-state index is 0.00470. The van der Waals surface area contributed by atoms with Gasteiger partial charge in [-0.1, -0.05) is 0 Å². The largest absolute Gasteiger partial charge is 0.391 e. The zero-order valence-electron chi connectivity index (χ0n) is 20.1. The SMILES string of the molecule is Cc1nc2nc([C@H]3C[C@@H](C)O[C@@H](c4cnn(C5CC5)c4)C3)nc(C3CC(C(F)(F)F)C3)c2nc1C. The molecule has 2 saturated carbocycles. The molecule has 3 aliphatic rings. The first kappa shape index (κ1) is 22.8. The smallest absolute Gasteiger partial charge is 0.370 e. The fraction of sp³-hybridized carbons (Fsp3) is 0.640. The molecule has 4 heterocycles. The second-order valence-corrected chi connectivity index (χ2v) is 10.5. The van der Waals surface area contributed by atoms with E-state index in [2.05, 4.69) is 21.3 Å². The van der Waals surface area contributed by atoms with Crippen LogP contribution < -0.4 is 0 Å². The third kappa shape index (κ3) is 4.30. The summed E-state index contributed by atoms with van der Waals surface area (Å²) >= 11 is 0. The minimum atomic E-state index is -4.17. The maximum atomic E-state index is 13.2. The second kappa shape index (κ2) is 8.21. The van der Waals surface area contributed by atoms with Gasteiger partial charge in [-0.25, -0.2) is 19.9 Å². The quantitative estimate of drug-likeness (QED) is 0.474. The van der Waals surface area contributed by atoms with Gasteiger partial charge in [0.25, 0.3) is 0 Å². The Bertz CT molecular complexity index is 1260. The van der Waals surface area contributed by atoms with Crippen molar-refractivity contribution in [2.24, 2.45) is 5.92 Å². The summed E-state index contributed by atoms with van der Waals surface area (Å²) in [6.45, 7) is 5.77. The number of nitrogens with zero attached hydrogens (tertiary/aromatic N) is 6. The lowest BCUT2D eigenvalue weighted by Crippen LogP contribution is -2.35. The van der Waals surface area contributed by atoms with Gasteiger partial charge >= 0.3 is 6.18 Å². The molecule has 1 saturated heterocycles. The Balaban J connectivity index is 1.34. The van der Waals surface area contributed by atoms with Gasteiger partial charge in [0.15, 0.2) is 5.65 Å². The van der Waals surface area contributed by atoms with Crippen LogP contribution in [0.1, 0.15) is 97.9 Å². The molecule has 186 valence electrons. The number of hydrogen-bond donors (Lipinski definition) is 0. The number of aryl methyl sites for hydroxylation is 2. The van der Waals surface area contributed by atoms with Gasteiger partial charge in [-0.05, 0) is 59.3 Å². The molecule has 0 radical (unpaired) electrons. The Kier molecular flexibility index (Phi) is 5.36. The van der Waals surface area contributed by atoms with Crippen LogP contribution in [0.25, 0.3) is 11.2 Å². The van der Waals surface area contributed by atoms with E-state index in [1.54, 1.807) is 0 Å². The molecule has 35 heavy (non-hydrogen) atoms. The molecule has 0 bridgehead atoms. The van der Waals surface area contributed by atoms with Crippen LogP contribution in [-0.4, -0.2) is 42.0 Å². The first-order valence-corrected chi connectivity index (χ1v) is 12.4. The molecular formula is C25H29F3N6O. The van der Waals surface area contributed by atoms with Crippen molar-refractivity contribution < 1.29 is 17.9 Å². The maximum absolute atomic E-state index is 13.2. The Morgan fingerprint density at radius 2 is 1.69 bits per heavy atom. The first-order valence-electron chi connectivity index (χ1n) is 12.4. The summed E-state index contributed by atoms with van der Waals surface area (Å²) in [6.07, 6.45) is 3.50. The van der Waals surface area contributed by atoms with Gasteiger partial charge in [0, 0.05) is 23.6 Å². The predicted molar refractivity (Wildman–Crippen MR) is 122 cm³/mol. The number of rotatable bonds is 4. The molecule has 0 spiro atoms. The summed E-state index contributed by atoms with van der Waals surface area (Å²) in [5.41, 5.74) is 4.17. The van der Waals surface area contributed by atoms with Crippen molar-refractivity contribution in [3.8, 4) is 0 Å². The molecule has 0 N–H and O–H groups in total. The molecule has 0 unspecified atom stereocenters. The minimum Gasteiger partial charge on any atom is -0.370 e. The molecule has 3 aromatic rings. The lowest BCUT2D eigenvalue weighted by Gasteiger charge is -2.37. The van der Waals surface area contributed by atoms with E-state index in [1.165, 1.54) is 0 Å². The molecule has 7 nitrogen and oxygen atoms in total. The highest BCUT2D eigenvalue weighted by Gasteiger charge is 2.49. The van der Waals surface area contributed by atoms with E-state index in [9.17, 15) is 13.2 Å². The fourth-order valence-electron chi connectivity index (χ4n) is 5.36. The number of hydrogen-bond acceptors (Lipinski definition) is 6. The van der Waals surface area contributed by atoms with Crippen LogP contribution in [0.5, 0.6) is 0 Å². The van der Waals surface area contributed by atoms with E-state index < -0.39 is 12.1 Å². The van der Waals surface area contributed by atoms with Gasteiger partial charge in [-0.3, -0.25) is 4.68 Å². The van der Waals surface area contributed by atoms with Gasteiger partial charge in [0.2, 0.25) is 0 Å². The van der Waals surface area contributed by atoms with Crippen LogP contribution in [0.15, 0.2) is 12.4 Å². The Hall–Kier alpha value is -2.62. The summed E-state index contributed by atoms with van der Waals surface area (Å²) in [6, 6.07) is 0.500. The van der Waals surface area contributed by atoms with Crippen molar-refractivity contribution in [2.75, 3.05) is 0 Å². The zero-order valence-corrected chi connectivity index (χ0v) is 20.1. The van der Waals surface area contributed by atoms with Crippen LogP contribution >= 0.6 is 0 Å². The van der Waals surface area contributed by atoms with Gasteiger partial charge in [-0.2, -0.15) is 18.3 Å². The van der Waals surface area contributed by atoms with Crippen molar-refractivity contribution >= 4 is 11.2 Å². The van der Waals surface area contributed by atoms with Gasteiger partial charge in [0.1, 0.15) is 11.3 Å². The second-order valence-electron chi connectivity index (χ2n) is 10.5. The first-order chi connectivity index (χ1) is 16.7. The third-order valence-corrected chi connectivity index (χ3v) is 7.77. The number of ether oxygens (including phenoxy) is 1. The standard InChI is InChI=1S/C25H29F3N6O/c1-12-6-16(9-20(35-12)17-10-29-34(11-17)19-4-5-19)23-32-21(15-7-18(8-15)25(26,27)28)22-24(33-23)31-14(3)13(2)30-22/h10-12,15-16,18-20H,4-9H2,1-3H3/t12-,15?,16+,18?,20-/m1/s1. The highest BCUT2D eigenvalue weighted by atomic mass is 19.4. The zero-order chi connectivity index (χ0) is 24.5. The fourth-order valence-corrected chi connectivity index (χ4v) is 5.36. The van der Waals surface area contributed by atoms with E-state index in [4.69, 9.17) is 14.7 Å². The maximum Gasteiger partial charge on any atom is 0.391 e. The summed E-state index contributed by atoms with van der Waals surface area (Å²) in [7, 11) is 0. The van der Waals surface area contributed by atoms with Crippen LogP contribution in [0.3, 0.4) is 0 Å². The number of halogens is 3. The molecule has 0 aromatic carbocycles. The molecule has 1 aliphatic heterocycles. The average Bonchev–Trinajstić information content (AvgIpc) is 3.48. The molecular weight excluding hydrogens is 457 g/mol. The van der Waals surface area contributed by atoms with E-state index in [0.29, 0.717) is 35.1 Å². The summed E-state index contributed by atoms with van der Waals surface area (Å²) in [5, 5.41) is 4.51. The normalized spacial score (nSPS) is 29.4. The molecule has 3 atom stereocenters. The predicted octanol–water partition coefficient (Wildman–Crippen LogP) is 5.65. The molecule has 0 amide bonds. The monoisotopic (exact) mass is 486 g/mol. The van der Waals surface area contributed by atoms with E-state index >= 15 is 0 Å². The summed E-state index contributed by atoms with van der Waals surface area (Å²) in [4.78, 5) is 19.0. The Labute approximate surface area is 201 Å². The van der Waals surface area contributed by atoms with Crippen molar-refractivity contribution in [3.05, 3.63) is 40.9 Å². The van der Waals surface area contributed by atoms with Crippen LogP contribution in [0, 0.1) is 19.8 Å². The Morgan fingerprint density at radius 1 is 0.943 bits per heavy atom. The van der Waals surface area contributed by atoms with E-state index in [-0.39, 0.29) is 36.9 Å². The molecule has 3 aromatic heterocycles. The number of aromatic nitrogens is 6. The van der Waals surface area contributed by atoms with Crippen molar-refractivity contribution in [2.45, 2.75) is 95.6 Å². The summed E-state index contributed by atoms with van der Waals surface area (Å²) < 4.78 is 47.9. The third-order valence-electron chi connectivity index (χ3n) is 7.77. The lowest BCUT2D eigenvalue weighted by atomic mass is 9.72. The van der Waals surface area contributed by atoms with Crippen molar-refractivity contribution in [3.63, 3.8) is 0 Å². The van der Waals surface area contributed by atoms with Crippen LogP contribution in [0.4, 0.5) is 13.2 Å². The van der Waals surface area contributed by atoms with E-state index in [1.807, 2.05) is 31.6 Å². The molecule has 2 aliphatic carbocycles. The van der Waals surface area contributed by atoms with Gasteiger partial charge < -0.3 is 4.74 Å². The molecule has 6 rings (SSSR count). The van der Waals surface area contributed by atoms with Gasteiger partial charge in [0.05, 0.1) is 47.4 Å². The highest BCUT2D eigenvalue weighted by molar-refractivity contribution is 5.73. The average molecular weight is 487 g/mol. The molecule has 10 heteroatoms. The van der Waals surface area contributed by atoms with Crippen molar-refractivity contribution in [1.82, 2.24) is 29.7 Å². The van der Waals surface area contributed by atoms with E-state index in [0.717, 1.165) is 36.2 Å². The number of alkyl halides is 3.